The Morgan fingerprint density at radius 1 is 1.43 bits per heavy atom. The average Bonchev–Trinajstić information content (AvgIpc) is 2.53. The summed E-state index contributed by atoms with van der Waals surface area (Å²) in [6, 6.07) is 6.16. The number of rotatable bonds is 4. The number of aliphatic hydroxyl groups excluding tert-OH is 1. The summed E-state index contributed by atoms with van der Waals surface area (Å²) >= 11 is 0. The van der Waals surface area contributed by atoms with E-state index in [4.69, 9.17) is 5.11 Å². The van der Waals surface area contributed by atoms with Crippen LogP contribution in [0.5, 0.6) is 0 Å². The molecule has 1 N–H and O–H groups in total. The summed E-state index contributed by atoms with van der Waals surface area (Å²) in [6.45, 7) is 1.46. The molecule has 0 unspecified atom stereocenters. The number of nitro benzene ring substituents is 1. The van der Waals surface area contributed by atoms with E-state index >= 15 is 0 Å². The summed E-state index contributed by atoms with van der Waals surface area (Å²) in [7, 11) is 0. The molecule has 0 aromatic heterocycles. The van der Waals surface area contributed by atoms with Gasteiger partial charge in [0.15, 0.2) is 0 Å². The second-order valence-electron chi connectivity index (χ2n) is 5.14. The van der Waals surface area contributed by atoms with Crippen molar-refractivity contribution in [1.29, 1.82) is 0 Å². The monoisotopic (exact) mass is 290 g/mol. The average molecular weight is 290 g/mol. The first kappa shape index (κ1) is 15.2. The van der Waals surface area contributed by atoms with Crippen LogP contribution < -0.4 is 0 Å². The second kappa shape index (κ2) is 6.99. The lowest BCUT2D eigenvalue weighted by Crippen LogP contribution is -2.38. The molecule has 0 bridgehead atoms. The number of nitro groups is 1. The lowest BCUT2D eigenvalue weighted by Gasteiger charge is -2.30. The first-order valence-corrected chi connectivity index (χ1v) is 6.92. The number of hydrogen-bond acceptors (Lipinski definition) is 4. The molecule has 0 spiro atoms. The van der Waals surface area contributed by atoms with Crippen molar-refractivity contribution >= 4 is 17.7 Å². The van der Waals surface area contributed by atoms with Gasteiger partial charge in [-0.25, -0.2) is 0 Å². The maximum atomic E-state index is 12.0. The van der Waals surface area contributed by atoms with Crippen LogP contribution in [0.2, 0.25) is 0 Å². The number of piperidine rings is 1. The Kier molecular flexibility index (Phi) is 5.05. The van der Waals surface area contributed by atoms with Crippen molar-refractivity contribution in [2.24, 2.45) is 5.92 Å². The van der Waals surface area contributed by atoms with Crippen LogP contribution in [0, 0.1) is 16.0 Å². The highest BCUT2D eigenvalue weighted by molar-refractivity contribution is 5.91. The van der Waals surface area contributed by atoms with Crippen molar-refractivity contribution in [2.45, 2.75) is 12.8 Å². The Hall–Kier alpha value is -2.21. The number of carbonyl (C=O) groups is 1. The van der Waals surface area contributed by atoms with Crippen LogP contribution in [0.1, 0.15) is 18.4 Å². The molecule has 21 heavy (non-hydrogen) atoms. The molecule has 0 saturated carbocycles. The van der Waals surface area contributed by atoms with E-state index in [9.17, 15) is 14.9 Å². The van der Waals surface area contributed by atoms with E-state index in [1.807, 2.05) is 0 Å². The fourth-order valence-electron chi connectivity index (χ4n) is 2.35. The molecular weight excluding hydrogens is 272 g/mol. The van der Waals surface area contributed by atoms with Gasteiger partial charge < -0.3 is 10.0 Å². The van der Waals surface area contributed by atoms with Crippen molar-refractivity contribution in [2.75, 3.05) is 19.7 Å². The van der Waals surface area contributed by atoms with E-state index in [1.54, 1.807) is 23.1 Å². The second-order valence-corrected chi connectivity index (χ2v) is 5.14. The van der Waals surface area contributed by atoms with Gasteiger partial charge in [0.05, 0.1) is 4.92 Å². The predicted octanol–water partition coefficient (Wildman–Crippen LogP) is 1.84. The minimum absolute atomic E-state index is 0.00774. The number of hydrogen-bond donors (Lipinski definition) is 1. The SMILES string of the molecule is O=C(/C=C/c1cccc([N+](=O)[O-])c1)N1CCC(CO)CC1. The Morgan fingerprint density at radius 2 is 2.14 bits per heavy atom. The minimum Gasteiger partial charge on any atom is -0.396 e. The molecule has 1 fully saturated rings. The van der Waals surface area contributed by atoms with Crippen molar-refractivity contribution in [1.82, 2.24) is 4.90 Å². The zero-order valence-electron chi connectivity index (χ0n) is 11.6. The van der Waals surface area contributed by atoms with Gasteiger partial charge in [-0.3, -0.25) is 14.9 Å². The quantitative estimate of drug-likeness (QED) is 0.521. The van der Waals surface area contributed by atoms with E-state index in [2.05, 4.69) is 0 Å². The maximum absolute atomic E-state index is 12.0. The van der Waals surface area contributed by atoms with Crippen LogP contribution in [0.3, 0.4) is 0 Å². The van der Waals surface area contributed by atoms with E-state index in [0.717, 1.165) is 12.8 Å². The smallest absolute Gasteiger partial charge is 0.270 e. The fraction of sp³-hybridized carbons (Fsp3) is 0.400. The summed E-state index contributed by atoms with van der Waals surface area (Å²) in [6.07, 6.45) is 4.66. The number of carbonyl (C=O) groups excluding carboxylic acids is 1. The van der Waals surface area contributed by atoms with Gasteiger partial charge in [0.25, 0.3) is 5.69 Å². The van der Waals surface area contributed by atoms with Gasteiger partial charge in [0.1, 0.15) is 0 Å². The van der Waals surface area contributed by atoms with E-state index in [1.165, 1.54) is 18.2 Å². The van der Waals surface area contributed by atoms with Crippen LogP contribution in [-0.4, -0.2) is 40.5 Å². The molecule has 1 amide bonds. The molecule has 112 valence electrons. The third-order valence-electron chi connectivity index (χ3n) is 3.68. The molecule has 2 rings (SSSR count). The molecule has 1 aliphatic heterocycles. The van der Waals surface area contributed by atoms with Gasteiger partial charge in [-0.1, -0.05) is 12.1 Å². The number of benzene rings is 1. The third kappa shape index (κ3) is 4.13. The van der Waals surface area contributed by atoms with Crippen molar-refractivity contribution in [3.63, 3.8) is 0 Å². The molecule has 0 radical (unpaired) electrons. The van der Waals surface area contributed by atoms with Crippen LogP contribution in [-0.2, 0) is 4.79 Å². The molecule has 1 heterocycles. The summed E-state index contributed by atoms with van der Waals surface area (Å²) in [4.78, 5) is 24.0. The summed E-state index contributed by atoms with van der Waals surface area (Å²) in [5.41, 5.74) is 0.635. The maximum Gasteiger partial charge on any atom is 0.270 e. The zero-order valence-corrected chi connectivity index (χ0v) is 11.6. The minimum atomic E-state index is -0.459. The van der Waals surface area contributed by atoms with Gasteiger partial charge in [-0.05, 0) is 30.4 Å². The van der Waals surface area contributed by atoms with E-state index < -0.39 is 4.92 Å². The normalized spacial score (nSPS) is 16.3. The number of amides is 1. The van der Waals surface area contributed by atoms with Gasteiger partial charge >= 0.3 is 0 Å². The van der Waals surface area contributed by atoms with Crippen molar-refractivity contribution in [3.05, 3.63) is 46.0 Å². The highest BCUT2D eigenvalue weighted by Gasteiger charge is 2.20. The highest BCUT2D eigenvalue weighted by Crippen LogP contribution is 2.17. The molecule has 6 nitrogen and oxygen atoms in total. The lowest BCUT2D eigenvalue weighted by atomic mass is 9.98. The highest BCUT2D eigenvalue weighted by atomic mass is 16.6. The molecule has 1 aliphatic rings. The molecule has 1 aromatic rings. The fourth-order valence-corrected chi connectivity index (χ4v) is 2.35. The molecule has 6 heteroatoms. The number of likely N-dealkylation sites (tertiary alicyclic amines) is 1. The van der Waals surface area contributed by atoms with Gasteiger partial charge in [0, 0.05) is 37.9 Å². The Balaban J connectivity index is 1.96. The molecule has 1 saturated heterocycles. The standard InChI is InChI=1S/C15H18N2O4/c18-11-13-6-8-16(9-7-13)15(19)5-4-12-2-1-3-14(10-12)17(20)21/h1-5,10,13,18H,6-9,11H2/b5-4+. The molecule has 0 aliphatic carbocycles. The van der Waals surface area contributed by atoms with Crippen molar-refractivity contribution < 1.29 is 14.8 Å². The Labute approximate surface area is 122 Å². The molecule has 0 atom stereocenters. The van der Waals surface area contributed by atoms with E-state index in [0.29, 0.717) is 18.7 Å². The summed E-state index contributed by atoms with van der Waals surface area (Å²) < 4.78 is 0. The van der Waals surface area contributed by atoms with Crippen LogP contribution in [0.25, 0.3) is 6.08 Å². The summed E-state index contributed by atoms with van der Waals surface area (Å²) in [5, 5.41) is 19.7. The molecular formula is C15H18N2O4. The first-order chi connectivity index (χ1) is 10.1. The zero-order chi connectivity index (χ0) is 15.2. The predicted molar refractivity (Wildman–Crippen MR) is 78.5 cm³/mol. The first-order valence-electron chi connectivity index (χ1n) is 6.92. The number of aliphatic hydroxyl groups is 1. The lowest BCUT2D eigenvalue weighted by molar-refractivity contribution is -0.384. The van der Waals surface area contributed by atoms with Gasteiger partial charge in [-0.2, -0.15) is 0 Å². The van der Waals surface area contributed by atoms with Crippen LogP contribution in [0.4, 0.5) is 5.69 Å². The van der Waals surface area contributed by atoms with Crippen LogP contribution in [0.15, 0.2) is 30.3 Å². The summed E-state index contributed by atoms with van der Waals surface area (Å²) in [5.74, 6) is 0.188. The Bertz CT molecular complexity index is 548. The topological polar surface area (TPSA) is 83.7 Å². The molecule has 1 aromatic carbocycles. The van der Waals surface area contributed by atoms with E-state index in [-0.39, 0.29) is 24.1 Å². The van der Waals surface area contributed by atoms with Gasteiger partial charge in [-0.15, -0.1) is 0 Å². The number of non-ortho nitro benzene ring substituents is 1. The Morgan fingerprint density at radius 3 is 2.76 bits per heavy atom. The largest absolute Gasteiger partial charge is 0.396 e. The number of nitrogens with zero attached hydrogens (tertiary/aromatic N) is 2. The van der Waals surface area contributed by atoms with Crippen LogP contribution >= 0.6 is 0 Å². The van der Waals surface area contributed by atoms with Crippen molar-refractivity contribution in [3.8, 4) is 0 Å². The third-order valence-corrected chi connectivity index (χ3v) is 3.68. The van der Waals surface area contributed by atoms with Gasteiger partial charge in [0.2, 0.25) is 5.91 Å².